The van der Waals surface area contributed by atoms with Crippen LogP contribution in [0.4, 0.5) is 10.1 Å². The van der Waals surface area contributed by atoms with Gasteiger partial charge < -0.3 is 15.1 Å². The molecule has 0 atom stereocenters. The number of nitrogens with one attached hydrogen (secondary N) is 2. The number of carbonyl (C=O) groups excluding carboxylic acids is 2. The number of fused-ring (bicyclic) bond motifs is 3. The van der Waals surface area contributed by atoms with Crippen molar-refractivity contribution < 1.29 is 18.4 Å². The molecule has 1 saturated carbocycles. The molecule has 0 spiro atoms. The maximum absolute atomic E-state index is 13.4. The largest absolute Gasteiger partial charge is 0.449 e. The van der Waals surface area contributed by atoms with Crippen molar-refractivity contribution in [2.45, 2.75) is 44.8 Å². The van der Waals surface area contributed by atoms with Crippen LogP contribution in [-0.2, 0) is 22.7 Å². The van der Waals surface area contributed by atoms with Gasteiger partial charge in [-0.15, -0.1) is 0 Å². The van der Waals surface area contributed by atoms with Crippen molar-refractivity contribution in [1.29, 1.82) is 0 Å². The smallest absolute Gasteiger partial charge is 0.332 e. The average Bonchev–Trinajstić information content (AvgIpc) is 3.49. The quantitative estimate of drug-likeness (QED) is 0.442. The Hall–Kier alpha value is -4.21. The van der Waals surface area contributed by atoms with Crippen molar-refractivity contribution in [3.8, 4) is 0 Å². The lowest BCUT2D eigenvalue weighted by Gasteiger charge is -2.14. The number of aromatic nitrogens is 2. The van der Waals surface area contributed by atoms with Crippen LogP contribution in [0.25, 0.3) is 22.1 Å². The summed E-state index contributed by atoms with van der Waals surface area (Å²) in [6.45, 7) is -0.929. The second-order valence-electron chi connectivity index (χ2n) is 8.64. The predicted octanol–water partition coefficient (Wildman–Crippen LogP) is 2.75. The number of anilines is 1. The lowest BCUT2D eigenvalue weighted by molar-refractivity contribution is -0.122. The SMILES string of the molecule is O=C(Cn1c(=O)n(CC(=O)NC2CCCC2)c(=O)c2oc3ccccc3c21)Nc1ccc(F)cc1. The standard InChI is InChI=1S/C25H23FN4O5/c26-15-9-11-17(12-10-15)28-20(31)13-29-22-18-7-3-4-8-19(18)35-23(22)24(33)30(25(29)34)14-21(32)27-16-5-1-2-6-16/h3-4,7-12,16H,1-2,5-6,13-14H2,(H,27,32)(H,28,31). The highest BCUT2D eigenvalue weighted by atomic mass is 19.1. The molecule has 0 unspecified atom stereocenters. The molecule has 4 aromatic rings. The Balaban J connectivity index is 1.55. The average molecular weight is 478 g/mol. The topological polar surface area (TPSA) is 115 Å². The predicted molar refractivity (Wildman–Crippen MR) is 128 cm³/mol. The van der Waals surface area contributed by atoms with Gasteiger partial charge in [-0.05, 0) is 49.2 Å². The molecule has 10 heteroatoms. The Morgan fingerprint density at radius 3 is 2.37 bits per heavy atom. The van der Waals surface area contributed by atoms with E-state index in [2.05, 4.69) is 10.6 Å². The van der Waals surface area contributed by atoms with Crippen LogP contribution in [0.3, 0.4) is 0 Å². The number of nitrogens with zero attached hydrogens (tertiary/aromatic N) is 2. The van der Waals surface area contributed by atoms with Gasteiger partial charge in [0.25, 0.3) is 5.56 Å². The highest BCUT2D eigenvalue weighted by molar-refractivity contribution is 6.03. The van der Waals surface area contributed by atoms with Crippen molar-refractivity contribution >= 4 is 39.6 Å². The third kappa shape index (κ3) is 4.46. The van der Waals surface area contributed by atoms with Crippen LogP contribution in [-0.4, -0.2) is 27.0 Å². The fourth-order valence-electron chi connectivity index (χ4n) is 4.55. The van der Waals surface area contributed by atoms with Crippen molar-refractivity contribution in [2.75, 3.05) is 5.32 Å². The number of halogens is 1. The minimum Gasteiger partial charge on any atom is -0.449 e. The Bertz CT molecular complexity index is 1540. The van der Waals surface area contributed by atoms with E-state index in [0.717, 1.165) is 34.8 Å². The molecular weight excluding hydrogens is 455 g/mol. The molecule has 0 aliphatic heterocycles. The van der Waals surface area contributed by atoms with Gasteiger partial charge in [-0.2, -0.15) is 0 Å². The first-order valence-corrected chi connectivity index (χ1v) is 11.4. The normalized spacial score (nSPS) is 14.0. The van der Waals surface area contributed by atoms with E-state index in [4.69, 9.17) is 4.42 Å². The molecule has 2 aromatic carbocycles. The minimum absolute atomic E-state index is 0.0249. The first kappa shape index (κ1) is 22.6. The Morgan fingerprint density at radius 1 is 0.943 bits per heavy atom. The third-order valence-electron chi connectivity index (χ3n) is 6.19. The molecule has 2 heterocycles. The Labute approximate surface area is 198 Å². The highest BCUT2D eigenvalue weighted by Gasteiger charge is 2.24. The fourth-order valence-corrected chi connectivity index (χ4v) is 4.55. The van der Waals surface area contributed by atoms with Gasteiger partial charge in [0.05, 0.1) is 0 Å². The summed E-state index contributed by atoms with van der Waals surface area (Å²) in [5.41, 5.74) is -0.754. The molecule has 1 aliphatic rings. The van der Waals surface area contributed by atoms with Crippen molar-refractivity contribution in [3.63, 3.8) is 0 Å². The summed E-state index contributed by atoms with van der Waals surface area (Å²) in [6, 6.07) is 12.0. The number of rotatable bonds is 6. The summed E-state index contributed by atoms with van der Waals surface area (Å²) in [5.74, 6) is -1.46. The number of amides is 2. The number of para-hydroxylation sites is 1. The summed E-state index contributed by atoms with van der Waals surface area (Å²) in [6.07, 6.45) is 3.76. The number of hydrogen-bond donors (Lipinski definition) is 2. The zero-order valence-corrected chi connectivity index (χ0v) is 18.8. The molecule has 2 N–H and O–H groups in total. The number of furan rings is 1. The van der Waals surface area contributed by atoms with Gasteiger partial charge >= 0.3 is 5.69 Å². The van der Waals surface area contributed by atoms with E-state index in [1.165, 1.54) is 24.3 Å². The molecule has 35 heavy (non-hydrogen) atoms. The second-order valence-corrected chi connectivity index (χ2v) is 8.64. The van der Waals surface area contributed by atoms with E-state index >= 15 is 0 Å². The zero-order chi connectivity index (χ0) is 24.5. The van der Waals surface area contributed by atoms with Gasteiger partial charge in [0.15, 0.2) is 0 Å². The lowest BCUT2D eigenvalue weighted by atomic mass is 10.2. The fraction of sp³-hybridized carbons (Fsp3) is 0.280. The molecule has 0 bridgehead atoms. The number of carbonyl (C=O) groups is 2. The van der Waals surface area contributed by atoms with E-state index in [1.807, 2.05) is 0 Å². The summed E-state index contributed by atoms with van der Waals surface area (Å²) in [5, 5.41) is 5.97. The molecule has 2 amide bonds. The lowest BCUT2D eigenvalue weighted by Crippen LogP contribution is -2.46. The maximum Gasteiger partial charge on any atom is 0.332 e. The van der Waals surface area contributed by atoms with E-state index in [-0.39, 0.29) is 17.1 Å². The van der Waals surface area contributed by atoms with Gasteiger partial charge in [-0.1, -0.05) is 25.0 Å². The highest BCUT2D eigenvalue weighted by Crippen LogP contribution is 2.25. The summed E-state index contributed by atoms with van der Waals surface area (Å²) >= 11 is 0. The first-order valence-electron chi connectivity index (χ1n) is 11.4. The van der Waals surface area contributed by atoms with E-state index in [1.54, 1.807) is 24.3 Å². The number of benzene rings is 2. The third-order valence-corrected chi connectivity index (χ3v) is 6.19. The van der Waals surface area contributed by atoms with Gasteiger partial charge in [-0.25, -0.2) is 13.8 Å². The van der Waals surface area contributed by atoms with Crippen molar-refractivity contribution in [1.82, 2.24) is 14.5 Å². The van der Waals surface area contributed by atoms with Gasteiger partial charge in [-0.3, -0.25) is 19.0 Å². The van der Waals surface area contributed by atoms with Crippen LogP contribution in [0.5, 0.6) is 0 Å². The van der Waals surface area contributed by atoms with Crippen molar-refractivity contribution in [3.05, 3.63) is 75.2 Å². The summed E-state index contributed by atoms with van der Waals surface area (Å²) < 4.78 is 20.9. The van der Waals surface area contributed by atoms with E-state index < -0.39 is 42.0 Å². The molecule has 2 aromatic heterocycles. The minimum atomic E-state index is -0.801. The van der Waals surface area contributed by atoms with Gasteiger partial charge in [0.1, 0.15) is 30.0 Å². The zero-order valence-electron chi connectivity index (χ0n) is 18.8. The Kier molecular flexibility index (Phi) is 5.94. The van der Waals surface area contributed by atoms with Gasteiger partial charge in [0, 0.05) is 17.1 Å². The molecule has 1 aliphatic carbocycles. The Morgan fingerprint density at radius 2 is 1.63 bits per heavy atom. The van der Waals surface area contributed by atoms with Crippen LogP contribution in [0.15, 0.2) is 62.5 Å². The van der Waals surface area contributed by atoms with Crippen molar-refractivity contribution in [2.24, 2.45) is 0 Å². The van der Waals surface area contributed by atoms with Crippen LogP contribution < -0.4 is 21.9 Å². The van der Waals surface area contributed by atoms with E-state index in [0.29, 0.717) is 16.7 Å². The van der Waals surface area contributed by atoms with Crippen LogP contribution >= 0.6 is 0 Å². The molecule has 5 rings (SSSR count). The molecule has 180 valence electrons. The molecule has 9 nitrogen and oxygen atoms in total. The summed E-state index contributed by atoms with van der Waals surface area (Å²) in [7, 11) is 0. The second kappa shape index (κ2) is 9.21. The number of hydrogen-bond acceptors (Lipinski definition) is 5. The summed E-state index contributed by atoms with van der Waals surface area (Å²) in [4.78, 5) is 52.0. The van der Waals surface area contributed by atoms with E-state index in [9.17, 15) is 23.6 Å². The van der Waals surface area contributed by atoms with Crippen LogP contribution in [0, 0.1) is 5.82 Å². The van der Waals surface area contributed by atoms with Gasteiger partial charge in [0.2, 0.25) is 17.4 Å². The maximum atomic E-state index is 13.4. The van der Waals surface area contributed by atoms with Crippen LogP contribution in [0.1, 0.15) is 25.7 Å². The van der Waals surface area contributed by atoms with Crippen LogP contribution in [0.2, 0.25) is 0 Å². The monoisotopic (exact) mass is 478 g/mol. The molecular formula is C25H23FN4O5. The molecule has 0 saturated heterocycles. The molecule has 0 radical (unpaired) electrons. The molecule has 1 fully saturated rings. The first-order chi connectivity index (χ1) is 16.9.